The number of carbonyl (C=O) groups excluding carboxylic acids is 1. The van der Waals surface area contributed by atoms with Crippen molar-refractivity contribution in [1.82, 2.24) is 34.8 Å². The van der Waals surface area contributed by atoms with E-state index in [1.165, 1.54) is 25.8 Å². The third-order valence-electron chi connectivity index (χ3n) is 5.42. The molecule has 1 aromatic rings. The van der Waals surface area contributed by atoms with Crippen molar-refractivity contribution in [2.45, 2.75) is 38.8 Å². The minimum absolute atomic E-state index is 0.0950. The third kappa shape index (κ3) is 5.15. The molecule has 2 aliphatic heterocycles. The van der Waals surface area contributed by atoms with Crippen LogP contribution in [0.15, 0.2) is 12.7 Å². The van der Waals surface area contributed by atoms with Crippen LogP contribution in [-0.4, -0.2) is 93.9 Å². The topological polar surface area (TPSA) is 69.5 Å². The van der Waals surface area contributed by atoms with Gasteiger partial charge in [-0.2, -0.15) is 5.10 Å². The lowest BCUT2D eigenvalue weighted by Crippen LogP contribution is -2.54. The number of urea groups is 1. The van der Waals surface area contributed by atoms with Gasteiger partial charge in [0.2, 0.25) is 0 Å². The van der Waals surface area contributed by atoms with Crippen LogP contribution in [-0.2, 0) is 6.54 Å². The molecule has 2 saturated heterocycles. The van der Waals surface area contributed by atoms with E-state index in [0.717, 1.165) is 52.4 Å². The highest BCUT2D eigenvalue weighted by Gasteiger charge is 2.24. The Labute approximate surface area is 150 Å². The first-order valence-corrected chi connectivity index (χ1v) is 9.58. The lowest BCUT2D eigenvalue weighted by atomic mass is 10.0. The van der Waals surface area contributed by atoms with Gasteiger partial charge in [-0.15, -0.1) is 0 Å². The molecule has 0 bridgehead atoms. The van der Waals surface area contributed by atoms with Crippen molar-refractivity contribution < 1.29 is 4.79 Å². The van der Waals surface area contributed by atoms with Crippen LogP contribution in [0, 0.1) is 0 Å². The number of likely N-dealkylation sites (N-methyl/N-ethyl adjacent to an activating group) is 1. The van der Waals surface area contributed by atoms with Crippen molar-refractivity contribution in [3.05, 3.63) is 12.7 Å². The maximum absolute atomic E-state index is 12.4. The summed E-state index contributed by atoms with van der Waals surface area (Å²) in [5.74, 6) is 0. The minimum atomic E-state index is 0.0950. The van der Waals surface area contributed by atoms with E-state index in [2.05, 4.69) is 32.1 Å². The average molecular weight is 349 g/mol. The minimum Gasteiger partial charge on any atom is -0.336 e. The molecular weight excluding hydrogens is 318 g/mol. The molecule has 1 N–H and O–H groups in total. The predicted molar refractivity (Wildman–Crippen MR) is 96.3 cm³/mol. The van der Waals surface area contributed by atoms with E-state index in [9.17, 15) is 4.79 Å². The number of hydrogen-bond donors (Lipinski definition) is 1. The lowest BCUT2D eigenvalue weighted by Gasteiger charge is -2.37. The molecule has 0 radical (unpaired) electrons. The van der Waals surface area contributed by atoms with Gasteiger partial charge in [-0.3, -0.25) is 14.5 Å². The van der Waals surface area contributed by atoms with Crippen LogP contribution < -0.4 is 5.32 Å². The van der Waals surface area contributed by atoms with Gasteiger partial charge in [0.05, 0.1) is 6.54 Å². The molecule has 1 aromatic heterocycles. The van der Waals surface area contributed by atoms with Gasteiger partial charge in [0.1, 0.15) is 12.7 Å². The van der Waals surface area contributed by atoms with E-state index < -0.39 is 0 Å². The monoisotopic (exact) mass is 349 g/mol. The van der Waals surface area contributed by atoms with Crippen LogP contribution in [0.25, 0.3) is 0 Å². The largest absolute Gasteiger partial charge is 0.336 e. The summed E-state index contributed by atoms with van der Waals surface area (Å²) >= 11 is 0. The number of amides is 2. The van der Waals surface area contributed by atoms with Gasteiger partial charge in [0.25, 0.3) is 0 Å². The summed E-state index contributed by atoms with van der Waals surface area (Å²) in [6.07, 6.45) is 7.07. The Morgan fingerprint density at radius 1 is 1.16 bits per heavy atom. The number of carbonyl (C=O) groups is 1. The molecule has 1 atom stereocenters. The smallest absolute Gasteiger partial charge is 0.317 e. The highest BCUT2D eigenvalue weighted by atomic mass is 16.2. The van der Waals surface area contributed by atoms with Gasteiger partial charge in [-0.05, 0) is 25.9 Å². The van der Waals surface area contributed by atoms with Crippen LogP contribution in [0.5, 0.6) is 0 Å². The van der Waals surface area contributed by atoms with E-state index >= 15 is 0 Å². The Kier molecular flexibility index (Phi) is 6.63. The Hall–Kier alpha value is -1.67. The predicted octanol–water partition coefficient (Wildman–Crippen LogP) is 0.480. The van der Waals surface area contributed by atoms with Crippen LogP contribution in [0.2, 0.25) is 0 Å². The van der Waals surface area contributed by atoms with E-state index in [1.54, 1.807) is 12.7 Å². The molecule has 2 fully saturated rings. The van der Waals surface area contributed by atoms with Crippen molar-refractivity contribution in [3.8, 4) is 0 Å². The Morgan fingerprint density at radius 2 is 2.00 bits per heavy atom. The van der Waals surface area contributed by atoms with E-state index in [0.29, 0.717) is 6.04 Å². The van der Waals surface area contributed by atoms with Crippen LogP contribution in [0.3, 0.4) is 0 Å². The van der Waals surface area contributed by atoms with Gasteiger partial charge in [-0.1, -0.05) is 13.3 Å². The molecule has 8 nitrogen and oxygen atoms in total. The van der Waals surface area contributed by atoms with Crippen LogP contribution in [0.4, 0.5) is 4.79 Å². The summed E-state index contributed by atoms with van der Waals surface area (Å²) in [6, 6.07) is 0.601. The van der Waals surface area contributed by atoms with Crippen molar-refractivity contribution in [3.63, 3.8) is 0 Å². The van der Waals surface area contributed by atoms with E-state index in [4.69, 9.17) is 0 Å². The van der Waals surface area contributed by atoms with E-state index in [-0.39, 0.29) is 6.03 Å². The van der Waals surface area contributed by atoms with Gasteiger partial charge in [0, 0.05) is 45.3 Å². The first-order chi connectivity index (χ1) is 12.3. The number of piperidine rings is 1. The molecule has 0 spiro atoms. The second kappa shape index (κ2) is 9.15. The fraction of sp³-hybridized carbons (Fsp3) is 0.824. The molecular formula is C17H31N7O. The lowest BCUT2D eigenvalue weighted by molar-refractivity contribution is 0.126. The number of rotatable bonds is 6. The number of nitrogens with zero attached hydrogens (tertiary/aromatic N) is 6. The first-order valence-electron chi connectivity index (χ1n) is 9.58. The summed E-state index contributed by atoms with van der Waals surface area (Å²) in [5, 5.41) is 7.29. The van der Waals surface area contributed by atoms with Crippen molar-refractivity contribution >= 4 is 6.03 Å². The molecule has 0 aliphatic carbocycles. The highest BCUT2D eigenvalue weighted by Crippen LogP contribution is 2.15. The normalized spacial score (nSPS) is 22.9. The molecule has 0 aromatic carbocycles. The van der Waals surface area contributed by atoms with Gasteiger partial charge in [-0.25, -0.2) is 9.78 Å². The fourth-order valence-electron chi connectivity index (χ4n) is 3.79. The van der Waals surface area contributed by atoms with Gasteiger partial charge >= 0.3 is 6.03 Å². The zero-order chi connectivity index (χ0) is 17.5. The molecule has 8 heteroatoms. The molecule has 140 valence electrons. The van der Waals surface area contributed by atoms with Crippen molar-refractivity contribution in [2.75, 3.05) is 52.4 Å². The number of likely N-dealkylation sites (tertiary alicyclic amines) is 1. The molecule has 2 amide bonds. The highest BCUT2D eigenvalue weighted by molar-refractivity contribution is 5.74. The maximum Gasteiger partial charge on any atom is 0.317 e. The van der Waals surface area contributed by atoms with Gasteiger partial charge in [0.15, 0.2) is 0 Å². The Balaban J connectivity index is 1.35. The standard InChI is InChI=1S/C17H31N7O/c1-2-22-6-4-3-5-16(22)13-19-17(25)23-10-7-21(8-11-23)9-12-24-15-18-14-20-24/h14-16H,2-13H2,1H3,(H,19,25)/t16-/m1/s1. The quantitative estimate of drug-likeness (QED) is 0.809. The third-order valence-corrected chi connectivity index (χ3v) is 5.42. The summed E-state index contributed by atoms with van der Waals surface area (Å²) in [7, 11) is 0. The first kappa shape index (κ1) is 18.1. The number of piperazine rings is 1. The average Bonchev–Trinajstić information content (AvgIpc) is 3.18. The summed E-state index contributed by atoms with van der Waals surface area (Å²) < 4.78 is 1.85. The van der Waals surface area contributed by atoms with Crippen LogP contribution >= 0.6 is 0 Å². The molecule has 3 rings (SSSR count). The molecule has 3 heterocycles. The summed E-state index contributed by atoms with van der Waals surface area (Å²) in [5.41, 5.74) is 0. The summed E-state index contributed by atoms with van der Waals surface area (Å²) in [6.45, 7) is 10.5. The van der Waals surface area contributed by atoms with Crippen molar-refractivity contribution in [2.24, 2.45) is 0 Å². The molecule has 0 unspecified atom stereocenters. The maximum atomic E-state index is 12.4. The molecule has 2 aliphatic rings. The summed E-state index contributed by atoms with van der Waals surface area (Å²) in [4.78, 5) is 23.2. The van der Waals surface area contributed by atoms with Crippen molar-refractivity contribution in [1.29, 1.82) is 0 Å². The SMILES string of the molecule is CCN1CCCC[C@@H]1CNC(=O)N1CCN(CCn2cncn2)CC1. The Bertz CT molecular complexity index is 513. The zero-order valence-corrected chi connectivity index (χ0v) is 15.3. The second-order valence-corrected chi connectivity index (χ2v) is 6.95. The number of hydrogen-bond acceptors (Lipinski definition) is 5. The Morgan fingerprint density at radius 3 is 2.72 bits per heavy atom. The molecule has 0 saturated carbocycles. The zero-order valence-electron chi connectivity index (χ0n) is 15.3. The van der Waals surface area contributed by atoms with Gasteiger partial charge < -0.3 is 10.2 Å². The fourth-order valence-corrected chi connectivity index (χ4v) is 3.79. The second-order valence-electron chi connectivity index (χ2n) is 6.95. The van der Waals surface area contributed by atoms with E-state index in [1.807, 2.05) is 9.58 Å². The molecule has 25 heavy (non-hydrogen) atoms. The van der Waals surface area contributed by atoms with Crippen LogP contribution in [0.1, 0.15) is 26.2 Å². The number of nitrogens with one attached hydrogen (secondary N) is 1. The number of aromatic nitrogens is 3.